The van der Waals surface area contributed by atoms with Crippen LogP contribution in [0, 0.1) is 6.92 Å². The predicted octanol–water partition coefficient (Wildman–Crippen LogP) is 6.21. The number of carbonyl (C=O) groups excluding carboxylic acids is 2. The number of amides is 1. The van der Waals surface area contributed by atoms with Crippen molar-refractivity contribution in [1.29, 1.82) is 0 Å². The third-order valence-corrected chi connectivity index (χ3v) is 6.60. The smallest absolute Gasteiger partial charge is 0.300 e. The van der Waals surface area contributed by atoms with Crippen molar-refractivity contribution in [3.05, 3.63) is 131 Å². The summed E-state index contributed by atoms with van der Waals surface area (Å²) in [5.41, 5.74) is 3.55. The van der Waals surface area contributed by atoms with Gasteiger partial charge >= 0.3 is 0 Å². The minimum atomic E-state index is -0.793. The molecule has 1 heterocycles. The van der Waals surface area contributed by atoms with Crippen LogP contribution in [-0.2, 0) is 16.2 Å². The van der Waals surface area contributed by atoms with E-state index in [2.05, 4.69) is 0 Å². The number of hydrogen-bond acceptors (Lipinski definition) is 5. The molecule has 1 aliphatic rings. The summed E-state index contributed by atoms with van der Waals surface area (Å²) < 4.78 is 11.2. The van der Waals surface area contributed by atoms with Gasteiger partial charge in [0.2, 0.25) is 0 Å². The molecular weight excluding hydrogens is 478 g/mol. The number of Topliss-reactive ketones (excluding diaryl/α,β-unsaturated/α-hetero) is 1. The van der Waals surface area contributed by atoms with E-state index in [1.165, 1.54) is 4.90 Å². The van der Waals surface area contributed by atoms with Crippen LogP contribution in [0.2, 0.25) is 0 Å². The Morgan fingerprint density at radius 2 is 1.53 bits per heavy atom. The number of ether oxygens (including phenoxy) is 2. The van der Waals surface area contributed by atoms with Gasteiger partial charge < -0.3 is 14.6 Å². The third kappa shape index (κ3) is 4.76. The Morgan fingerprint density at radius 3 is 2.16 bits per heavy atom. The van der Waals surface area contributed by atoms with E-state index < -0.39 is 17.7 Å². The van der Waals surface area contributed by atoms with E-state index in [9.17, 15) is 14.7 Å². The van der Waals surface area contributed by atoms with Crippen molar-refractivity contribution in [3.8, 4) is 11.5 Å². The lowest BCUT2D eigenvalue weighted by molar-refractivity contribution is -0.132. The van der Waals surface area contributed by atoms with Crippen LogP contribution >= 0.6 is 0 Å². The molecule has 4 aromatic rings. The van der Waals surface area contributed by atoms with Crippen LogP contribution in [-0.4, -0.2) is 23.9 Å². The van der Waals surface area contributed by atoms with Crippen LogP contribution in [0.3, 0.4) is 0 Å². The number of benzene rings is 4. The molecule has 6 nitrogen and oxygen atoms in total. The average Bonchev–Trinajstić information content (AvgIpc) is 3.23. The lowest BCUT2D eigenvalue weighted by atomic mass is 9.94. The van der Waals surface area contributed by atoms with Crippen LogP contribution in [0.1, 0.15) is 28.3 Å². The molecule has 1 unspecified atom stereocenters. The number of ketones is 1. The molecule has 0 saturated carbocycles. The van der Waals surface area contributed by atoms with E-state index in [-0.39, 0.29) is 11.3 Å². The topological polar surface area (TPSA) is 76.1 Å². The van der Waals surface area contributed by atoms with Gasteiger partial charge in [0.1, 0.15) is 23.9 Å². The molecule has 6 heteroatoms. The number of anilines is 1. The fraction of sp³-hybridized carbons (Fsp3) is 0.125. The molecule has 5 rings (SSSR count). The van der Waals surface area contributed by atoms with Gasteiger partial charge in [0.15, 0.2) is 0 Å². The van der Waals surface area contributed by atoms with E-state index in [0.29, 0.717) is 34.9 Å². The lowest BCUT2D eigenvalue weighted by Gasteiger charge is -2.25. The van der Waals surface area contributed by atoms with Crippen LogP contribution in [0.15, 0.2) is 109 Å². The zero-order valence-corrected chi connectivity index (χ0v) is 21.1. The number of carbonyl (C=O) groups is 2. The van der Waals surface area contributed by atoms with Crippen molar-refractivity contribution in [1.82, 2.24) is 0 Å². The molecule has 190 valence electrons. The van der Waals surface area contributed by atoms with Crippen molar-refractivity contribution in [3.63, 3.8) is 0 Å². The Morgan fingerprint density at radius 1 is 0.868 bits per heavy atom. The number of nitrogens with zero attached hydrogens (tertiary/aromatic N) is 1. The van der Waals surface area contributed by atoms with E-state index >= 15 is 0 Å². The maximum Gasteiger partial charge on any atom is 0.300 e. The minimum absolute atomic E-state index is 0.0365. The van der Waals surface area contributed by atoms with Gasteiger partial charge in [0.25, 0.3) is 11.7 Å². The molecule has 0 spiro atoms. The number of rotatable bonds is 7. The SMILES string of the molecule is COc1ccc(N2C(=O)C(=O)/C(=C(\O)c3ccc(OCc4ccccc4)c(C)c3)C2c2ccccc2)cc1. The van der Waals surface area contributed by atoms with Crippen molar-refractivity contribution in [2.45, 2.75) is 19.6 Å². The van der Waals surface area contributed by atoms with Crippen LogP contribution in [0.5, 0.6) is 11.5 Å². The maximum atomic E-state index is 13.4. The number of hydrogen-bond donors (Lipinski definition) is 1. The second-order valence-electron chi connectivity index (χ2n) is 9.03. The molecule has 1 atom stereocenters. The van der Waals surface area contributed by atoms with Crippen molar-refractivity contribution in [2.75, 3.05) is 12.0 Å². The number of methoxy groups -OCH3 is 1. The van der Waals surface area contributed by atoms with Gasteiger partial charge in [-0.25, -0.2) is 0 Å². The van der Waals surface area contributed by atoms with Gasteiger partial charge in [-0.05, 0) is 66.1 Å². The first-order chi connectivity index (χ1) is 18.5. The first-order valence-electron chi connectivity index (χ1n) is 12.3. The van der Waals surface area contributed by atoms with E-state index in [4.69, 9.17) is 9.47 Å². The summed E-state index contributed by atoms with van der Waals surface area (Å²) in [7, 11) is 1.56. The van der Waals surface area contributed by atoms with E-state index in [0.717, 1.165) is 11.1 Å². The summed E-state index contributed by atoms with van der Waals surface area (Å²) in [6, 6.07) is 30.4. The maximum absolute atomic E-state index is 13.4. The Balaban J connectivity index is 1.54. The van der Waals surface area contributed by atoms with Gasteiger partial charge in [-0.1, -0.05) is 60.7 Å². The van der Waals surface area contributed by atoms with Gasteiger partial charge in [-0.15, -0.1) is 0 Å². The second-order valence-corrected chi connectivity index (χ2v) is 9.03. The summed E-state index contributed by atoms with van der Waals surface area (Å²) >= 11 is 0. The molecule has 1 aliphatic heterocycles. The average molecular weight is 506 g/mol. The highest BCUT2D eigenvalue weighted by Crippen LogP contribution is 2.42. The minimum Gasteiger partial charge on any atom is -0.507 e. The highest BCUT2D eigenvalue weighted by molar-refractivity contribution is 6.51. The largest absolute Gasteiger partial charge is 0.507 e. The van der Waals surface area contributed by atoms with Crippen LogP contribution in [0.25, 0.3) is 5.76 Å². The van der Waals surface area contributed by atoms with E-state index in [1.54, 1.807) is 49.6 Å². The third-order valence-electron chi connectivity index (χ3n) is 6.60. The van der Waals surface area contributed by atoms with Gasteiger partial charge in [0, 0.05) is 11.3 Å². The summed E-state index contributed by atoms with van der Waals surface area (Å²) in [4.78, 5) is 28.1. The van der Waals surface area contributed by atoms with Crippen LogP contribution in [0.4, 0.5) is 5.69 Å². The summed E-state index contributed by atoms with van der Waals surface area (Å²) in [6.07, 6.45) is 0. The number of aliphatic hydroxyl groups excluding tert-OH is 1. The molecule has 1 N–H and O–H groups in total. The molecule has 0 bridgehead atoms. The van der Waals surface area contributed by atoms with Gasteiger partial charge in [-0.3, -0.25) is 14.5 Å². The van der Waals surface area contributed by atoms with Crippen LogP contribution < -0.4 is 14.4 Å². The second kappa shape index (κ2) is 10.6. The molecule has 0 aliphatic carbocycles. The Bertz CT molecular complexity index is 1490. The zero-order chi connectivity index (χ0) is 26.6. The molecule has 1 saturated heterocycles. The molecule has 4 aromatic carbocycles. The number of aryl methyl sites for hydroxylation is 1. The quantitative estimate of drug-likeness (QED) is 0.184. The molecular formula is C32H27NO5. The highest BCUT2D eigenvalue weighted by atomic mass is 16.5. The van der Waals surface area contributed by atoms with Gasteiger partial charge in [0.05, 0.1) is 18.7 Å². The number of aliphatic hydroxyl groups is 1. The molecule has 1 fully saturated rings. The predicted molar refractivity (Wildman–Crippen MR) is 146 cm³/mol. The van der Waals surface area contributed by atoms with Crippen molar-refractivity contribution < 1.29 is 24.2 Å². The first-order valence-corrected chi connectivity index (χ1v) is 12.3. The van der Waals surface area contributed by atoms with Gasteiger partial charge in [-0.2, -0.15) is 0 Å². The normalized spacial score (nSPS) is 16.5. The molecule has 0 radical (unpaired) electrons. The van der Waals surface area contributed by atoms with E-state index in [1.807, 2.05) is 67.6 Å². The fourth-order valence-corrected chi connectivity index (χ4v) is 4.64. The van der Waals surface area contributed by atoms with Crippen molar-refractivity contribution >= 4 is 23.1 Å². The monoisotopic (exact) mass is 505 g/mol. The lowest BCUT2D eigenvalue weighted by Crippen LogP contribution is -2.29. The Labute approximate surface area is 221 Å². The summed E-state index contributed by atoms with van der Waals surface area (Å²) in [6.45, 7) is 2.29. The molecule has 1 amide bonds. The van der Waals surface area contributed by atoms with Crippen molar-refractivity contribution in [2.24, 2.45) is 0 Å². The first kappa shape index (κ1) is 24.8. The molecule has 0 aromatic heterocycles. The molecule has 38 heavy (non-hydrogen) atoms. The fourth-order valence-electron chi connectivity index (χ4n) is 4.64. The zero-order valence-electron chi connectivity index (χ0n) is 21.1. The summed E-state index contributed by atoms with van der Waals surface area (Å²) in [5, 5.41) is 11.4. The highest BCUT2D eigenvalue weighted by Gasteiger charge is 2.46. The summed E-state index contributed by atoms with van der Waals surface area (Å²) in [5.74, 6) is -0.374. The Kier molecular flexibility index (Phi) is 6.96. The standard InChI is InChI=1S/C32H27NO5/c1-21-19-24(13-18-27(21)38-20-22-9-5-3-6-10-22)30(34)28-29(23-11-7-4-8-12-23)33(32(36)31(28)35)25-14-16-26(37-2)17-15-25/h3-19,29,34H,20H2,1-2H3/b30-28-. The Hall–Kier alpha value is -4.84.